The van der Waals surface area contributed by atoms with E-state index in [1.807, 2.05) is 0 Å². The van der Waals surface area contributed by atoms with E-state index in [1.165, 1.54) is 6.07 Å². The molecule has 0 saturated heterocycles. The van der Waals surface area contributed by atoms with Crippen LogP contribution in [0.3, 0.4) is 0 Å². The summed E-state index contributed by atoms with van der Waals surface area (Å²) in [6.07, 6.45) is 0.849. The summed E-state index contributed by atoms with van der Waals surface area (Å²) in [4.78, 5) is 32.7. The zero-order valence-corrected chi connectivity index (χ0v) is 8.25. The van der Waals surface area contributed by atoms with E-state index in [4.69, 9.17) is 4.42 Å². The average molecular weight is 216 g/mol. The highest BCUT2D eigenvalue weighted by molar-refractivity contribution is 5.87. The molecule has 0 aliphatic rings. The van der Waals surface area contributed by atoms with Crippen molar-refractivity contribution in [1.82, 2.24) is 0 Å². The Kier molecular flexibility index (Phi) is 2.64. The molecule has 0 atom stereocenters. The van der Waals surface area contributed by atoms with Gasteiger partial charge in [0.15, 0.2) is 0 Å². The van der Waals surface area contributed by atoms with Crippen LogP contribution in [0.1, 0.15) is 11.5 Å². The summed E-state index contributed by atoms with van der Waals surface area (Å²) in [5.74, 6) is -1.05. The van der Waals surface area contributed by atoms with Crippen LogP contribution in [0.5, 0.6) is 0 Å². The van der Waals surface area contributed by atoms with Crippen LogP contribution < -0.4 is 5.63 Å². The fourth-order valence-electron chi connectivity index (χ4n) is 1.49. The van der Waals surface area contributed by atoms with Crippen molar-refractivity contribution >= 4 is 23.5 Å². The molecule has 0 aliphatic carbocycles. The molecule has 1 heterocycles. The molecule has 4 nitrogen and oxygen atoms in total. The maximum Gasteiger partial charge on any atom is 0.340 e. The highest BCUT2D eigenvalue weighted by Gasteiger charge is 2.15. The lowest BCUT2D eigenvalue weighted by Gasteiger charge is -2.02. The van der Waals surface area contributed by atoms with Gasteiger partial charge in [0.1, 0.15) is 24.1 Å². The topological polar surface area (TPSA) is 64.3 Å². The second-order valence-electron chi connectivity index (χ2n) is 3.32. The van der Waals surface area contributed by atoms with Gasteiger partial charge in [0, 0.05) is 5.39 Å². The monoisotopic (exact) mass is 216 g/mol. The molecule has 16 heavy (non-hydrogen) atoms. The van der Waals surface area contributed by atoms with Gasteiger partial charge in [0.25, 0.3) is 0 Å². The first-order valence-electron chi connectivity index (χ1n) is 4.69. The zero-order valence-electron chi connectivity index (χ0n) is 8.25. The Morgan fingerprint density at radius 2 is 1.81 bits per heavy atom. The largest absolute Gasteiger partial charge is 0.423 e. The van der Waals surface area contributed by atoms with Crippen molar-refractivity contribution in [3.05, 3.63) is 46.3 Å². The van der Waals surface area contributed by atoms with E-state index in [-0.39, 0.29) is 5.56 Å². The third kappa shape index (κ3) is 1.65. The minimum atomic E-state index is -1.05. The summed E-state index contributed by atoms with van der Waals surface area (Å²) in [6.45, 7) is 0. The van der Waals surface area contributed by atoms with Crippen LogP contribution in [0.15, 0.2) is 39.5 Å². The number of rotatable bonds is 3. The predicted molar refractivity (Wildman–Crippen MR) is 57.4 cm³/mol. The number of fused-ring (bicyclic) bond motifs is 1. The number of carbonyl (C=O) groups is 2. The highest BCUT2D eigenvalue weighted by atomic mass is 16.4. The van der Waals surface area contributed by atoms with Crippen LogP contribution >= 0.6 is 0 Å². The maximum absolute atomic E-state index is 11.5. The van der Waals surface area contributed by atoms with E-state index in [9.17, 15) is 14.4 Å². The SMILES string of the molecule is O=CC(C=O)c1cc2ccccc2oc1=O. The maximum atomic E-state index is 11.5. The fourth-order valence-corrected chi connectivity index (χ4v) is 1.49. The third-order valence-electron chi connectivity index (χ3n) is 2.32. The van der Waals surface area contributed by atoms with Crippen molar-refractivity contribution in [2.24, 2.45) is 0 Å². The minimum absolute atomic E-state index is 0.0729. The van der Waals surface area contributed by atoms with Crippen molar-refractivity contribution in [1.29, 1.82) is 0 Å². The average Bonchev–Trinajstić information content (AvgIpc) is 2.31. The van der Waals surface area contributed by atoms with E-state index in [1.54, 1.807) is 24.3 Å². The number of benzene rings is 1. The molecule has 0 amide bonds. The third-order valence-corrected chi connectivity index (χ3v) is 2.32. The number of hydrogen-bond donors (Lipinski definition) is 0. The molecule has 0 aliphatic heterocycles. The van der Waals surface area contributed by atoms with Crippen LogP contribution in [0.4, 0.5) is 0 Å². The van der Waals surface area contributed by atoms with Gasteiger partial charge in [-0.1, -0.05) is 18.2 Å². The van der Waals surface area contributed by atoms with Gasteiger partial charge in [-0.15, -0.1) is 0 Å². The molecule has 0 fully saturated rings. The summed E-state index contributed by atoms with van der Waals surface area (Å²) in [6, 6.07) is 8.42. The summed E-state index contributed by atoms with van der Waals surface area (Å²) >= 11 is 0. The lowest BCUT2D eigenvalue weighted by molar-refractivity contribution is -0.116. The standard InChI is InChI=1S/C12H8O4/c13-6-9(7-14)10-5-8-3-1-2-4-11(8)16-12(10)15/h1-7,9H. The molecule has 4 heteroatoms. The van der Waals surface area contributed by atoms with Gasteiger partial charge in [-0.05, 0) is 12.1 Å². The Bertz CT molecular complexity index is 589. The minimum Gasteiger partial charge on any atom is -0.423 e. The molecule has 0 saturated carbocycles. The second-order valence-corrected chi connectivity index (χ2v) is 3.32. The second kappa shape index (κ2) is 4.10. The summed E-state index contributed by atoms with van der Waals surface area (Å²) < 4.78 is 5.00. The van der Waals surface area contributed by atoms with E-state index in [0.29, 0.717) is 23.5 Å². The van der Waals surface area contributed by atoms with E-state index < -0.39 is 11.5 Å². The Labute approximate surface area is 90.5 Å². The summed E-state index contributed by atoms with van der Waals surface area (Å²) in [5.41, 5.74) is -0.140. The van der Waals surface area contributed by atoms with Crippen LogP contribution in [-0.4, -0.2) is 12.6 Å². The van der Waals surface area contributed by atoms with Crippen molar-refractivity contribution < 1.29 is 14.0 Å². The van der Waals surface area contributed by atoms with Crippen molar-refractivity contribution in [2.45, 2.75) is 5.92 Å². The molecule has 2 rings (SSSR count). The van der Waals surface area contributed by atoms with Gasteiger partial charge >= 0.3 is 5.63 Å². The first-order chi connectivity index (χ1) is 7.76. The first kappa shape index (κ1) is 10.3. The molecule has 80 valence electrons. The number of carbonyl (C=O) groups excluding carboxylic acids is 2. The molecule has 0 radical (unpaired) electrons. The van der Waals surface area contributed by atoms with Gasteiger partial charge < -0.3 is 14.0 Å². The number of aldehydes is 2. The molecular weight excluding hydrogens is 208 g/mol. The Balaban J connectivity index is 2.71. The van der Waals surface area contributed by atoms with Crippen LogP contribution in [-0.2, 0) is 9.59 Å². The Morgan fingerprint density at radius 1 is 1.12 bits per heavy atom. The lowest BCUT2D eigenvalue weighted by Crippen LogP contribution is -2.14. The van der Waals surface area contributed by atoms with Crippen LogP contribution in [0.25, 0.3) is 11.0 Å². The fraction of sp³-hybridized carbons (Fsp3) is 0.0833. The van der Waals surface area contributed by atoms with Gasteiger partial charge in [-0.2, -0.15) is 0 Å². The van der Waals surface area contributed by atoms with Crippen molar-refractivity contribution in [3.8, 4) is 0 Å². The summed E-state index contributed by atoms with van der Waals surface area (Å²) in [7, 11) is 0. The van der Waals surface area contributed by atoms with Gasteiger partial charge in [0.05, 0.1) is 5.56 Å². The molecule has 2 aromatic rings. The van der Waals surface area contributed by atoms with E-state index >= 15 is 0 Å². The smallest absolute Gasteiger partial charge is 0.340 e. The van der Waals surface area contributed by atoms with Crippen molar-refractivity contribution in [3.63, 3.8) is 0 Å². The van der Waals surface area contributed by atoms with Crippen LogP contribution in [0, 0.1) is 0 Å². The van der Waals surface area contributed by atoms with Gasteiger partial charge in [-0.3, -0.25) is 0 Å². The molecule has 1 aromatic carbocycles. The Morgan fingerprint density at radius 3 is 2.50 bits per heavy atom. The number of hydrogen-bond acceptors (Lipinski definition) is 4. The molecule has 0 unspecified atom stereocenters. The molecular formula is C12H8O4. The van der Waals surface area contributed by atoms with E-state index in [0.717, 1.165) is 0 Å². The zero-order chi connectivity index (χ0) is 11.5. The van der Waals surface area contributed by atoms with Crippen LogP contribution in [0.2, 0.25) is 0 Å². The molecule has 0 N–H and O–H groups in total. The highest BCUT2D eigenvalue weighted by Crippen LogP contribution is 2.16. The summed E-state index contributed by atoms with van der Waals surface area (Å²) in [5, 5.41) is 0.686. The molecule has 0 spiro atoms. The first-order valence-corrected chi connectivity index (χ1v) is 4.69. The Hall–Kier alpha value is -2.23. The van der Waals surface area contributed by atoms with Gasteiger partial charge in [0.2, 0.25) is 0 Å². The van der Waals surface area contributed by atoms with Crippen molar-refractivity contribution in [2.75, 3.05) is 0 Å². The quantitative estimate of drug-likeness (QED) is 0.440. The number of para-hydroxylation sites is 1. The lowest BCUT2D eigenvalue weighted by atomic mass is 10.0. The van der Waals surface area contributed by atoms with E-state index in [2.05, 4.69) is 0 Å². The van der Waals surface area contributed by atoms with Gasteiger partial charge in [-0.25, -0.2) is 4.79 Å². The molecule has 0 bridgehead atoms. The molecule has 1 aromatic heterocycles. The predicted octanol–water partition coefficient (Wildman–Crippen LogP) is 1.27. The normalized spacial score (nSPS) is 10.6.